The number of anilines is 1. The number of carbonyl (C=O) groups excluding carboxylic acids is 4. The first-order valence-electron chi connectivity index (χ1n) is 15.7. The Kier molecular flexibility index (Phi) is 12.3. The minimum atomic E-state index is -1.44. The summed E-state index contributed by atoms with van der Waals surface area (Å²) in [7, 11) is 3.28. The minimum absolute atomic E-state index is 0.135. The van der Waals surface area contributed by atoms with Crippen LogP contribution in [0.5, 0.6) is 0 Å². The fourth-order valence-corrected chi connectivity index (χ4v) is 5.43. The third kappa shape index (κ3) is 8.58. The summed E-state index contributed by atoms with van der Waals surface area (Å²) in [6.07, 6.45) is -0.622. The predicted molar refractivity (Wildman–Crippen MR) is 171 cm³/mol. The Labute approximate surface area is 277 Å². The molecular weight excluding hydrogens is 628 g/mol. The Morgan fingerprint density at radius 3 is 2.21 bits per heavy atom. The van der Waals surface area contributed by atoms with Gasteiger partial charge in [0.05, 0.1) is 5.69 Å². The molecule has 2 unspecified atom stereocenters. The summed E-state index contributed by atoms with van der Waals surface area (Å²) in [5, 5.41) is 15.2. The van der Waals surface area contributed by atoms with Crippen molar-refractivity contribution in [3.05, 3.63) is 76.6 Å². The van der Waals surface area contributed by atoms with Crippen molar-refractivity contribution in [3.63, 3.8) is 0 Å². The van der Waals surface area contributed by atoms with E-state index in [2.05, 4.69) is 31.2 Å². The van der Waals surface area contributed by atoms with Crippen LogP contribution < -0.4 is 16.0 Å². The van der Waals surface area contributed by atoms with Gasteiger partial charge < -0.3 is 30.5 Å². The molecular formula is C33H41F2N7O6. The van der Waals surface area contributed by atoms with Crippen LogP contribution >= 0.6 is 0 Å². The van der Waals surface area contributed by atoms with E-state index in [1.807, 2.05) is 7.05 Å². The molecule has 3 N–H and O–H groups in total. The van der Waals surface area contributed by atoms with E-state index in [9.17, 15) is 23.6 Å². The smallest absolute Gasteiger partial charge is 0.276 e. The number of methoxy groups -OCH3 is 1. The summed E-state index contributed by atoms with van der Waals surface area (Å²) in [6.45, 7) is 7.54. The van der Waals surface area contributed by atoms with Gasteiger partial charge >= 0.3 is 0 Å². The molecule has 1 aromatic heterocycles. The van der Waals surface area contributed by atoms with E-state index in [-0.39, 0.29) is 35.3 Å². The second-order valence-corrected chi connectivity index (χ2v) is 11.6. The van der Waals surface area contributed by atoms with Gasteiger partial charge in [0.15, 0.2) is 5.69 Å². The Morgan fingerprint density at radius 2 is 1.60 bits per heavy atom. The van der Waals surface area contributed by atoms with Crippen LogP contribution in [0.1, 0.15) is 66.5 Å². The van der Waals surface area contributed by atoms with E-state index in [1.54, 1.807) is 31.7 Å². The molecule has 0 aliphatic carbocycles. The fraction of sp³-hybridized carbons (Fsp3) is 0.455. The zero-order valence-corrected chi connectivity index (χ0v) is 27.6. The van der Waals surface area contributed by atoms with Crippen LogP contribution in [0.3, 0.4) is 0 Å². The van der Waals surface area contributed by atoms with Crippen LogP contribution in [0.2, 0.25) is 0 Å². The van der Waals surface area contributed by atoms with Gasteiger partial charge in [-0.1, -0.05) is 44.1 Å². The van der Waals surface area contributed by atoms with Crippen LogP contribution in [0.4, 0.5) is 14.5 Å². The normalized spacial score (nSPS) is 16.0. The van der Waals surface area contributed by atoms with E-state index in [4.69, 9.17) is 9.37 Å². The van der Waals surface area contributed by atoms with Gasteiger partial charge in [-0.2, -0.15) is 0 Å². The average molecular weight is 670 g/mol. The first-order chi connectivity index (χ1) is 23.0. The molecule has 4 amide bonds. The van der Waals surface area contributed by atoms with Crippen LogP contribution in [0.25, 0.3) is 0 Å². The molecule has 2 aromatic carbocycles. The molecule has 0 spiro atoms. The lowest BCUT2D eigenvalue weighted by atomic mass is 9.91. The van der Waals surface area contributed by atoms with Gasteiger partial charge in [-0.3, -0.25) is 19.2 Å². The molecule has 15 heteroatoms. The zero-order valence-electron chi connectivity index (χ0n) is 27.6. The van der Waals surface area contributed by atoms with Crippen LogP contribution in [-0.2, 0) is 25.5 Å². The molecule has 13 nitrogen and oxygen atoms in total. The number of hydrogen-bond acceptors (Lipinski definition) is 9. The predicted octanol–water partition coefficient (Wildman–Crippen LogP) is 2.81. The van der Waals surface area contributed by atoms with Crippen molar-refractivity contribution in [1.82, 2.24) is 30.7 Å². The number of likely N-dealkylation sites (N-methyl/N-ethyl adjacent to an activating group) is 1. The zero-order chi connectivity index (χ0) is 35.0. The SMILES string of the molecule is CCC(=O)N[C@@H](C(=O)N1CCN(C)CC1)[C@@H](C)c1ccc(NC(=O)C(NC(=O)c2nonc2CC)C(OC)c2ccc(F)cc2)c(F)c1. The van der Waals surface area contributed by atoms with Gasteiger partial charge in [-0.05, 0) is 54.0 Å². The van der Waals surface area contributed by atoms with E-state index in [1.165, 1.54) is 43.5 Å². The number of nitrogens with zero attached hydrogens (tertiary/aromatic N) is 4. The molecule has 1 aliphatic rings. The molecule has 4 rings (SSSR count). The highest BCUT2D eigenvalue weighted by Gasteiger charge is 2.35. The number of carbonyl (C=O) groups is 4. The number of hydrogen-bond donors (Lipinski definition) is 3. The molecule has 1 saturated heterocycles. The monoisotopic (exact) mass is 669 g/mol. The molecule has 2 heterocycles. The van der Waals surface area contributed by atoms with Gasteiger partial charge in [0.25, 0.3) is 5.91 Å². The summed E-state index contributed by atoms with van der Waals surface area (Å²) in [5.74, 6) is -4.13. The molecule has 0 bridgehead atoms. The summed E-state index contributed by atoms with van der Waals surface area (Å²) < 4.78 is 39.6. The van der Waals surface area contributed by atoms with Crippen molar-refractivity contribution < 1.29 is 37.3 Å². The number of aromatic nitrogens is 2. The van der Waals surface area contributed by atoms with Crippen LogP contribution in [-0.4, -0.2) is 96.2 Å². The van der Waals surface area contributed by atoms with Gasteiger partial charge in [-0.15, -0.1) is 0 Å². The van der Waals surface area contributed by atoms with E-state index < -0.39 is 47.6 Å². The van der Waals surface area contributed by atoms with Crippen molar-refractivity contribution in [1.29, 1.82) is 0 Å². The number of nitrogens with one attached hydrogen (secondary N) is 3. The van der Waals surface area contributed by atoms with Gasteiger partial charge in [0.2, 0.25) is 17.7 Å². The Bertz CT molecular complexity index is 1590. The average Bonchev–Trinajstić information content (AvgIpc) is 3.57. The number of halogens is 2. The van der Waals surface area contributed by atoms with Gasteiger partial charge in [0, 0.05) is 45.6 Å². The Morgan fingerprint density at radius 1 is 0.938 bits per heavy atom. The van der Waals surface area contributed by atoms with Crippen molar-refractivity contribution in [2.45, 2.75) is 57.7 Å². The maximum absolute atomic E-state index is 15.7. The number of benzene rings is 2. The Hall–Kier alpha value is -4.76. The molecule has 1 fully saturated rings. The number of aryl methyl sites for hydroxylation is 1. The van der Waals surface area contributed by atoms with E-state index >= 15 is 4.39 Å². The lowest BCUT2D eigenvalue weighted by Crippen LogP contribution is -2.55. The van der Waals surface area contributed by atoms with Crippen LogP contribution in [0.15, 0.2) is 47.1 Å². The molecule has 3 aromatic rings. The molecule has 258 valence electrons. The minimum Gasteiger partial charge on any atom is -0.374 e. The maximum atomic E-state index is 15.7. The number of rotatable bonds is 13. The lowest BCUT2D eigenvalue weighted by Gasteiger charge is -2.36. The lowest BCUT2D eigenvalue weighted by molar-refractivity contribution is -0.138. The summed E-state index contributed by atoms with van der Waals surface area (Å²) in [4.78, 5) is 56.7. The quantitative estimate of drug-likeness (QED) is 0.249. The number of ether oxygens (including phenoxy) is 1. The fourth-order valence-electron chi connectivity index (χ4n) is 5.43. The highest BCUT2D eigenvalue weighted by atomic mass is 19.1. The first kappa shape index (κ1) is 36.1. The van der Waals surface area contributed by atoms with Crippen molar-refractivity contribution in [2.24, 2.45) is 0 Å². The van der Waals surface area contributed by atoms with Gasteiger partial charge in [0.1, 0.15) is 35.5 Å². The third-order valence-electron chi connectivity index (χ3n) is 8.43. The molecule has 0 saturated carbocycles. The summed E-state index contributed by atoms with van der Waals surface area (Å²) in [5.41, 5.74) is 0.706. The first-order valence-corrected chi connectivity index (χ1v) is 15.7. The second-order valence-electron chi connectivity index (χ2n) is 11.6. The molecule has 48 heavy (non-hydrogen) atoms. The topological polar surface area (TPSA) is 159 Å². The van der Waals surface area contributed by atoms with E-state index in [0.717, 1.165) is 0 Å². The number of amides is 4. The third-order valence-corrected chi connectivity index (χ3v) is 8.43. The molecule has 0 radical (unpaired) electrons. The van der Waals surface area contributed by atoms with Crippen molar-refractivity contribution >= 4 is 29.3 Å². The Balaban J connectivity index is 1.59. The summed E-state index contributed by atoms with van der Waals surface area (Å²) >= 11 is 0. The highest BCUT2D eigenvalue weighted by molar-refractivity contribution is 6.01. The maximum Gasteiger partial charge on any atom is 0.276 e. The molecule has 1 aliphatic heterocycles. The second kappa shape index (κ2) is 16.4. The van der Waals surface area contributed by atoms with E-state index in [0.29, 0.717) is 43.7 Å². The van der Waals surface area contributed by atoms with Crippen molar-refractivity contribution in [3.8, 4) is 0 Å². The summed E-state index contributed by atoms with van der Waals surface area (Å²) in [6, 6.07) is 6.88. The van der Waals surface area contributed by atoms with Gasteiger partial charge in [-0.25, -0.2) is 13.4 Å². The highest BCUT2D eigenvalue weighted by Crippen LogP contribution is 2.28. The number of piperazine rings is 1. The standard InChI is InChI=1S/C33H41F2N7O6/c1-6-24-28(40-48-39-24)31(44)38-29(30(47-5)20-8-11-22(34)12-9-20)32(45)36-25-13-10-21(18-23(25)35)19(3)27(37-26(43)7-2)33(46)42-16-14-41(4)15-17-42/h8-13,18-19,27,29-30H,6-7,14-17H2,1-5H3,(H,36,45)(H,37,43)(H,38,44)/t19-,27+,29?,30?/m0/s1. The van der Waals surface area contributed by atoms with Crippen LogP contribution in [0, 0.1) is 11.6 Å². The van der Waals surface area contributed by atoms with Crippen molar-refractivity contribution in [2.75, 3.05) is 45.7 Å². The largest absolute Gasteiger partial charge is 0.374 e. The molecule has 4 atom stereocenters.